The van der Waals surface area contributed by atoms with Gasteiger partial charge in [0, 0.05) is 5.69 Å². The van der Waals surface area contributed by atoms with Crippen LogP contribution in [0.15, 0.2) is 17.0 Å². The van der Waals surface area contributed by atoms with Crippen LogP contribution in [-0.4, -0.2) is 21.1 Å². The monoisotopic (exact) mass is 248 g/mol. The third-order valence-corrected chi connectivity index (χ3v) is 3.40. The van der Waals surface area contributed by atoms with Gasteiger partial charge in [0.15, 0.2) is 0 Å². The fraction of sp³-hybridized carbons (Fsp3) is 0.333. The SMILES string of the molecule is NS(=O)(=O)c1cc2c(cc1F)C[C@H](CF)N2. The lowest BCUT2D eigenvalue weighted by molar-refractivity contribution is 0.450. The largest absolute Gasteiger partial charge is 0.379 e. The number of fused-ring (bicyclic) bond motifs is 1. The Bertz CT molecular complexity index is 531. The first kappa shape index (κ1) is 11.3. The summed E-state index contributed by atoms with van der Waals surface area (Å²) in [6, 6.07) is 1.76. The molecule has 88 valence electrons. The Hall–Kier alpha value is -1.21. The van der Waals surface area contributed by atoms with E-state index in [4.69, 9.17) is 5.14 Å². The fourth-order valence-electron chi connectivity index (χ4n) is 1.75. The minimum Gasteiger partial charge on any atom is -0.379 e. The van der Waals surface area contributed by atoms with Gasteiger partial charge in [-0.15, -0.1) is 0 Å². The van der Waals surface area contributed by atoms with Crippen molar-refractivity contribution in [1.29, 1.82) is 0 Å². The van der Waals surface area contributed by atoms with Gasteiger partial charge in [0.05, 0.1) is 6.04 Å². The molecular weight excluding hydrogens is 238 g/mol. The van der Waals surface area contributed by atoms with Crippen molar-refractivity contribution in [3.63, 3.8) is 0 Å². The van der Waals surface area contributed by atoms with E-state index in [1.165, 1.54) is 0 Å². The third kappa shape index (κ3) is 1.88. The van der Waals surface area contributed by atoms with Crippen molar-refractivity contribution in [3.05, 3.63) is 23.5 Å². The van der Waals surface area contributed by atoms with Crippen molar-refractivity contribution < 1.29 is 17.2 Å². The Labute approximate surface area is 91.5 Å². The molecule has 0 saturated heterocycles. The molecule has 16 heavy (non-hydrogen) atoms. The summed E-state index contributed by atoms with van der Waals surface area (Å²) in [5.41, 5.74) is 0.987. The molecule has 1 aliphatic heterocycles. The molecule has 0 bridgehead atoms. The molecule has 0 fully saturated rings. The topological polar surface area (TPSA) is 72.2 Å². The summed E-state index contributed by atoms with van der Waals surface area (Å²) in [7, 11) is -4.09. The van der Waals surface area contributed by atoms with E-state index in [1.54, 1.807) is 0 Å². The van der Waals surface area contributed by atoms with Crippen molar-refractivity contribution in [3.8, 4) is 0 Å². The molecule has 0 amide bonds. The van der Waals surface area contributed by atoms with Gasteiger partial charge < -0.3 is 5.32 Å². The molecule has 1 heterocycles. The van der Waals surface area contributed by atoms with Gasteiger partial charge in [-0.25, -0.2) is 22.3 Å². The molecule has 0 aliphatic carbocycles. The molecule has 1 aromatic carbocycles. The second-order valence-electron chi connectivity index (χ2n) is 3.68. The van der Waals surface area contributed by atoms with E-state index in [-0.39, 0.29) is 0 Å². The quantitative estimate of drug-likeness (QED) is 0.812. The van der Waals surface area contributed by atoms with Crippen LogP contribution in [0, 0.1) is 5.82 Å². The fourth-order valence-corrected chi connectivity index (χ4v) is 2.36. The Kier molecular flexibility index (Phi) is 2.59. The zero-order chi connectivity index (χ0) is 11.9. The highest BCUT2D eigenvalue weighted by atomic mass is 32.2. The van der Waals surface area contributed by atoms with Crippen molar-refractivity contribution in [2.75, 3.05) is 12.0 Å². The Morgan fingerprint density at radius 3 is 2.75 bits per heavy atom. The van der Waals surface area contributed by atoms with Gasteiger partial charge in [-0.1, -0.05) is 0 Å². The highest BCUT2D eigenvalue weighted by molar-refractivity contribution is 7.89. The Morgan fingerprint density at radius 2 is 2.19 bits per heavy atom. The maximum atomic E-state index is 13.4. The molecule has 1 atom stereocenters. The van der Waals surface area contributed by atoms with Gasteiger partial charge in [-0.05, 0) is 24.1 Å². The molecule has 1 aromatic rings. The summed E-state index contributed by atoms with van der Waals surface area (Å²) in [5, 5.41) is 7.61. The molecule has 7 heteroatoms. The molecular formula is C9H10F2N2O2S. The zero-order valence-electron chi connectivity index (χ0n) is 8.20. The van der Waals surface area contributed by atoms with Gasteiger partial charge in [0.1, 0.15) is 17.4 Å². The average Bonchev–Trinajstić information content (AvgIpc) is 2.56. The van der Waals surface area contributed by atoms with Crippen LogP contribution in [0.3, 0.4) is 0 Å². The van der Waals surface area contributed by atoms with Crippen LogP contribution < -0.4 is 10.5 Å². The van der Waals surface area contributed by atoms with E-state index in [0.29, 0.717) is 17.7 Å². The van der Waals surface area contributed by atoms with E-state index >= 15 is 0 Å². The third-order valence-electron chi connectivity index (χ3n) is 2.48. The number of hydrogen-bond donors (Lipinski definition) is 2. The number of nitrogens with two attached hydrogens (primary N) is 1. The van der Waals surface area contributed by atoms with Gasteiger partial charge in [-0.3, -0.25) is 0 Å². The highest BCUT2D eigenvalue weighted by Crippen LogP contribution is 2.30. The van der Waals surface area contributed by atoms with E-state index in [2.05, 4.69) is 5.32 Å². The molecule has 0 aromatic heterocycles. The van der Waals surface area contributed by atoms with E-state index < -0.39 is 33.5 Å². The second-order valence-corrected chi connectivity index (χ2v) is 5.21. The maximum absolute atomic E-state index is 13.4. The van der Waals surface area contributed by atoms with Gasteiger partial charge in [0.25, 0.3) is 0 Å². The van der Waals surface area contributed by atoms with Crippen molar-refractivity contribution in [1.82, 2.24) is 0 Å². The molecule has 0 radical (unpaired) electrons. The molecule has 0 unspecified atom stereocenters. The standard InChI is InChI=1S/C9H10F2N2O2S/c10-4-6-1-5-2-7(11)9(16(12,14)15)3-8(5)13-6/h2-3,6,13H,1,4H2,(H2,12,14,15)/t6-/m1/s1. The first-order chi connectivity index (χ1) is 7.41. The predicted molar refractivity (Wildman–Crippen MR) is 54.9 cm³/mol. The van der Waals surface area contributed by atoms with Crippen molar-refractivity contribution >= 4 is 15.7 Å². The van der Waals surface area contributed by atoms with Gasteiger partial charge in [0.2, 0.25) is 10.0 Å². The number of alkyl halides is 1. The summed E-state index contributed by atoms with van der Waals surface area (Å²) in [4.78, 5) is -0.571. The van der Waals surface area contributed by atoms with Crippen LogP contribution in [0.4, 0.5) is 14.5 Å². The minimum atomic E-state index is -4.09. The van der Waals surface area contributed by atoms with Crippen LogP contribution in [0.1, 0.15) is 5.56 Å². The lowest BCUT2D eigenvalue weighted by Crippen LogP contribution is -2.17. The lowest BCUT2D eigenvalue weighted by atomic mass is 10.1. The molecule has 0 spiro atoms. The van der Waals surface area contributed by atoms with E-state index in [1.807, 2.05) is 0 Å². The minimum absolute atomic E-state index is 0.341. The molecule has 4 nitrogen and oxygen atoms in total. The van der Waals surface area contributed by atoms with Gasteiger partial charge >= 0.3 is 0 Å². The molecule has 0 saturated carbocycles. The number of benzene rings is 1. The summed E-state index contributed by atoms with van der Waals surface area (Å²) < 4.78 is 47.9. The maximum Gasteiger partial charge on any atom is 0.241 e. The number of hydrogen-bond acceptors (Lipinski definition) is 3. The van der Waals surface area contributed by atoms with Crippen LogP contribution in [0.5, 0.6) is 0 Å². The van der Waals surface area contributed by atoms with Crippen molar-refractivity contribution in [2.24, 2.45) is 5.14 Å². The number of primary sulfonamides is 1. The van der Waals surface area contributed by atoms with E-state index in [9.17, 15) is 17.2 Å². The van der Waals surface area contributed by atoms with E-state index in [0.717, 1.165) is 12.1 Å². The molecule has 2 rings (SSSR count). The first-order valence-electron chi connectivity index (χ1n) is 4.59. The lowest BCUT2D eigenvalue weighted by Gasteiger charge is -2.06. The Morgan fingerprint density at radius 1 is 1.50 bits per heavy atom. The van der Waals surface area contributed by atoms with Gasteiger partial charge in [-0.2, -0.15) is 0 Å². The van der Waals surface area contributed by atoms with Crippen LogP contribution in [0.2, 0.25) is 0 Å². The average molecular weight is 248 g/mol. The van der Waals surface area contributed by atoms with Crippen LogP contribution >= 0.6 is 0 Å². The Balaban J connectivity index is 2.49. The summed E-state index contributed by atoms with van der Waals surface area (Å²) >= 11 is 0. The van der Waals surface area contributed by atoms with Crippen LogP contribution in [-0.2, 0) is 16.4 Å². The second kappa shape index (κ2) is 3.67. The first-order valence-corrected chi connectivity index (χ1v) is 6.14. The normalized spacial score (nSPS) is 19.3. The number of anilines is 1. The summed E-state index contributed by atoms with van der Waals surface area (Å²) in [6.45, 7) is -0.596. The smallest absolute Gasteiger partial charge is 0.241 e. The zero-order valence-corrected chi connectivity index (χ0v) is 9.02. The molecule has 1 aliphatic rings. The van der Waals surface area contributed by atoms with Crippen LogP contribution in [0.25, 0.3) is 0 Å². The number of nitrogens with one attached hydrogen (secondary N) is 1. The van der Waals surface area contributed by atoms with Crippen molar-refractivity contribution in [2.45, 2.75) is 17.4 Å². The summed E-state index contributed by atoms with van der Waals surface area (Å²) in [5.74, 6) is -0.900. The number of rotatable bonds is 2. The predicted octanol–water partition coefficient (Wildman–Crippen LogP) is 0.779. The number of sulfonamides is 1. The molecule has 3 N–H and O–H groups in total. The summed E-state index contributed by atoms with van der Waals surface area (Å²) in [6.07, 6.45) is 0.341. The highest BCUT2D eigenvalue weighted by Gasteiger charge is 2.25. The number of halogens is 2.